The van der Waals surface area contributed by atoms with Crippen molar-refractivity contribution < 1.29 is 13.5 Å². The number of benzene rings is 2. The van der Waals surface area contributed by atoms with E-state index in [1.807, 2.05) is 31.3 Å². The number of nitrogens with zero attached hydrogens (tertiary/aromatic N) is 5. The standard InChI is InChI=1S/C25H23F2N7OS/c1-28-9-12-35-21-6-5-17(26)14-19(21)18-4-2-3-16-13-22(36-24(16)18)23-20(27)15-30-25(32-23)29-7-10-34-11-8-31-33-34/h2-6,8,11,13-15,28H,7,9-10,12H2,1H3,(H,29,30,32). The van der Waals surface area contributed by atoms with Gasteiger partial charge in [-0.1, -0.05) is 23.4 Å². The Kier molecular flexibility index (Phi) is 7.10. The third-order valence-electron chi connectivity index (χ3n) is 5.46. The summed E-state index contributed by atoms with van der Waals surface area (Å²) in [6.45, 7) is 2.17. The number of fused-ring (bicyclic) bond motifs is 1. The van der Waals surface area contributed by atoms with E-state index in [9.17, 15) is 8.78 Å². The van der Waals surface area contributed by atoms with E-state index in [0.717, 1.165) is 21.8 Å². The van der Waals surface area contributed by atoms with Gasteiger partial charge >= 0.3 is 0 Å². The van der Waals surface area contributed by atoms with Gasteiger partial charge in [0.05, 0.1) is 23.8 Å². The van der Waals surface area contributed by atoms with Crippen LogP contribution < -0.4 is 15.4 Å². The van der Waals surface area contributed by atoms with Gasteiger partial charge in [0.15, 0.2) is 5.82 Å². The van der Waals surface area contributed by atoms with E-state index >= 15 is 0 Å². The molecule has 0 radical (unpaired) electrons. The molecule has 184 valence electrons. The van der Waals surface area contributed by atoms with Crippen molar-refractivity contribution in [2.45, 2.75) is 6.54 Å². The SMILES string of the molecule is CNCCOc1ccc(F)cc1-c1cccc2cc(-c3nc(NCCn4ccnn4)ncc3F)sc12. The number of nitrogens with one attached hydrogen (secondary N) is 2. The average molecular weight is 508 g/mol. The predicted molar refractivity (Wildman–Crippen MR) is 136 cm³/mol. The third-order valence-corrected chi connectivity index (χ3v) is 6.65. The van der Waals surface area contributed by atoms with Crippen LogP contribution in [0.25, 0.3) is 31.8 Å². The first kappa shape index (κ1) is 23.8. The second-order valence-electron chi connectivity index (χ2n) is 7.91. The monoisotopic (exact) mass is 507 g/mol. The molecule has 3 aromatic heterocycles. The summed E-state index contributed by atoms with van der Waals surface area (Å²) in [6.07, 6.45) is 4.51. The molecule has 2 aromatic carbocycles. The number of halogens is 2. The number of rotatable bonds is 10. The highest BCUT2D eigenvalue weighted by atomic mass is 32.1. The summed E-state index contributed by atoms with van der Waals surface area (Å²) in [5.41, 5.74) is 1.65. The summed E-state index contributed by atoms with van der Waals surface area (Å²) >= 11 is 1.39. The van der Waals surface area contributed by atoms with E-state index in [4.69, 9.17) is 4.74 Å². The fourth-order valence-corrected chi connectivity index (χ4v) is 4.93. The van der Waals surface area contributed by atoms with Crippen molar-refractivity contribution >= 4 is 27.4 Å². The maximum atomic E-state index is 14.8. The Morgan fingerprint density at radius 3 is 2.83 bits per heavy atom. The zero-order chi connectivity index (χ0) is 24.9. The lowest BCUT2D eigenvalue weighted by Crippen LogP contribution is -2.16. The zero-order valence-electron chi connectivity index (χ0n) is 19.4. The van der Waals surface area contributed by atoms with Crippen LogP contribution in [-0.4, -0.2) is 51.7 Å². The van der Waals surface area contributed by atoms with Crippen molar-refractivity contribution in [2.24, 2.45) is 0 Å². The Morgan fingerprint density at radius 1 is 1.08 bits per heavy atom. The zero-order valence-corrected chi connectivity index (χ0v) is 20.2. The number of ether oxygens (including phenoxy) is 1. The summed E-state index contributed by atoms with van der Waals surface area (Å²) in [6, 6.07) is 12.1. The Morgan fingerprint density at radius 2 is 2.00 bits per heavy atom. The fraction of sp³-hybridized carbons (Fsp3) is 0.200. The molecule has 2 N–H and O–H groups in total. The number of aromatic nitrogens is 5. The maximum Gasteiger partial charge on any atom is 0.223 e. The molecule has 8 nitrogen and oxygen atoms in total. The molecule has 5 aromatic rings. The van der Waals surface area contributed by atoms with Crippen molar-refractivity contribution in [3.63, 3.8) is 0 Å². The molecule has 0 unspecified atom stereocenters. The average Bonchev–Trinajstić information content (AvgIpc) is 3.56. The van der Waals surface area contributed by atoms with Crippen molar-refractivity contribution in [1.29, 1.82) is 0 Å². The van der Waals surface area contributed by atoms with Crippen LogP contribution in [0.1, 0.15) is 0 Å². The molecular formula is C25H23F2N7OS. The van der Waals surface area contributed by atoms with Gasteiger partial charge in [-0.05, 0) is 36.7 Å². The Hall–Kier alpha value is -3.96. The molecule has 36 heavy (non-hydrogen) atoms. The summed E-state index contributed by atoms with van der Waals surface area (Å²) in [5.74, 6) is 0.0192. The van der Waals surface area contributed by atoms with Crippen LogP contribution in [0.15, 0.2) is 61.1 Å². The van der Waals surface area contributed by atoms with Gasteiger partial charge in [-0.15, -0.1) is 16.4 Å². The molecule has 0 aliphatic heterocycles. The van der Waals surface area contributed by atoms with E-state index in [-0.39, 0.29) is 11.5 Å². The van der Waals surface area contributed by atoms with Gasteiger partial charge in [0.1, 0.15) is 23.9 Å². The summed E-state index contributed by atoms with van der Waals surface area (Å²) in [5, 5.41) is 14.7. The highest BCUT2D eigenvalue weighted by Crippen LogP contribution is 2.42. The van der Waals surface area contributed by atoms with Gasteiger partial charge in [-0.2, -0.15) is 0 Å². The van der Waals surface area contributed by atoms with Crippen LogP contribution in [0.3, 0.4) is 0 Å². The normalized spacial score (nSPS) is 11.2. The molecule has 5 rings (SSSR count). The Labute approximate surface area is 210 Å². The predicted octanol–water partition coefficient (Wildman–Crippen LogP) is 4.61. The Bertz CT molecular complexity index is 1470. The van der Waals surface area contributed by atoms with Gasteiger partial charge in [0.25, 0.3) is 0 Å². The molecule has 3 heterocycles. The van der Waals surface area contributed by atoms with Gasteiger partial charge in [0.2, 0.25) is 5.95 Å². The van der Waals surface area contributed by atoms with Gasteiger partial charge in [-0.25, -0.2) is 18.7 Å². The summed E-state index contributed by atoms with van der Waals surface area (Å²) < 4.78 is 37.5. The molecule has 0 atom stereocenters. The molecule has 0 aliphatic rings. The first-order chi connectivity index (χ1) is 17.6. The van der Waals surface area contributed by atoms with E-state index in [1.54, 1.807) is 23.1 Å². The second kappa shape index (κ2) is 10.8. The Balaban J connectivity index is 1.47. The van der Waals surface area contributed by atoms with E-state index in [2.05, 4.69) is 30.9 Å². The van der Waals surface area contributed by atoms with Crippen LogP contribution >= 0.6 is 11.3 Å². The number of hydrogen-bond donors (Lipinski definition) is 2. The van der Waals surface area contributed by atoms with Gasteiger partial charge < -0.3 is 15.4 Å². The number of hydrogen-bond acceptors (Lipinski definition) is 8. The molecule has 0 bridgehead atoms. The smallest absolute Gasteiger partial charge is 0.223 e. The molecular weight excluding hydrogens is 484 g/mol. The number of anilines is 1. The van der Waals surface area contributed by atoms with E-state index < -0.39 is 5.82 Å². The van der Waals surface area contributed by atoms with Crippen LogP contribution in [0, 0.1) is 11.6 Å². The minimum absolute atomic E-state index is 0.199. The minimum Gasteiger partial charge on any atom is -0.492 e. The van der Waals surface area contributed by atoms with Crippen LogP contribution in [0.4, 0.5) is 14.7 Å². The molecule has 0 amide bonds. The second-order valence-corrected chi connectivity index (χ2v) is 8.96. The lowest BCUT2D eigenvalue weighted by atomic mass is 10.0. The number of thiophene rings is 1. The lowest BCUT2D eigenvalue weighted by Gasteiger charge is -2.12. The van der Waals surface area contributed by atoms with Crippen molar-refractivity contribution in [3.8, 4) is 27.4 Å². The van der Waals surface area contributed by atoms with E-state index in [1.165, 1.54) is 23.5 Å². The third kappa shape index (κ3) is 5.16. The lowest BCUT2D eigenvalue weighted by molar-refractivity contribution is 0.319. The number of likely N-dealkylation sites (N-methyl/N-ethyl adjacent to an activating group) is 1. The molecule has 11 heteroatoms. The summed E-state index contributed by atoms with van der Waals surface area (Å²) in [4.78, 5) is 9.12. The molecule has 0 spiro atoms. The van der Waals surface area contributed by atoms with E-state index in [0.29, 0.717) is 48.4 Å². The fourth-order valence-electron chi connectivity index (χ4n) is 3.75. The van der Waals surface area contributed by atoms with Crippen molar-refractivity contribution in [3.05, 3.63) is 72.7 Å². The first-order valence-corrected chi connectivity index (χ1v) is 12.1. The summed E-state index contributed by atoms with van der Waals surface area (Å²) in [7, 11) is 1.84. The highest BCUT2D eigenvalue weighted by Gasteiger charge is 2.17. The largest absolute Gasteiger partial charge is 0.492 e. The minimum atomic E-state index is -0.522. The highest BCUT2D eigenvalue weighted by molar-refractivity contribution is 7.22. The molecule has 0 aliphatic carbocycles. The van der Waals surface area contributed by atoms with Crippen LogP contribution in [0.2, 0.25) is 0 Å². The van der Waals surface area contributed by atoms with Crippen LogP contribution in [0.5, 0.6) is 5.75 Å². The first-order valence-electron chi connectivity index (χ1n) is 11.3. The molecule has 0 fully saturated rings. The quantitative estimate of drug-likeness (QED) is 0.267. The van der Waals surface area contributed by atoms with Crippen LogP contribution in [-0.2, 0) is 6.54 Å². The van der Waals surface area contributed by atoms with Gasteiger partial charge in [0, 0.05) is 35.1 Å². The van der Waals surface area contributed by atoms with Crippen molar-refractivity contribution in [1.82, 2.24) is 30.3 Å². The molecule has 0 saturated heterocycles. The topological polar surface area (TPSA) is 89.8 Å². The molecule has 0 saturated carbocycles. The maximum absolute atomic E-state index is 14.8. The van der Waals surface area contributed by atoms with Gasteiger partial charge in [-0.3, -0.25) is 4.68 Å². The van der Waals surface area contributed by atoms with Crippen molar-refractivity contribution in [2.75, 3.05) is 32.1 Å².